The first kappa shape index (κ1) is 16.9. The summed E-state index contributed by atoms with van der Waals surface area (Å²) in [6.45, 7) is 1.16. The minimum Gasteiger partial charge on any atom is -0.480 e. The number of hydrogen-bond acceptors (Lipinski definition) is 4. The standard InChI is InChI=1S/C15H19BrN2O4/c16-10-3-5-11(6-4-10)18-14(19)8-13(15(20)21)17-9-12-2-1-7-22-12/h3-6,12-13,17H,1-2,7-9H2,(H,18,19)(H,20,21)/t12-,13-/m0/s1. The maximum absolute atomic E-state index is 12.0. The van der Waals surface area contributed by atoms with Gasteiger partial charge in [-0.15, -0.1) is 0 Å². The van der Waals surface area contributed by atoms with Gasteiger partial charge in [0.2, 0.25) is 5.91 Å². The molecule has 1 saturated heterocycles. The third-order valence-corrected chi connectivity index (χ3v) is 3.96. The van der Waals surface area contributed by atoms with E-state index in [1.165, 1.54) is 0 Å². The van der Waals surface area contributed by atoms with E-state index in [4.69, 9.17) is 4.74 Å². The predicted octanol–water partition coefficient (Wildman–Crippen LogP) is 2.00. The highest BCUT2D eigenvalue weighted by molar-refractivity contribution is 9.10. The van der Waals surface area contributed by atoms with E-state index in [1.54, 1.807) is 24.3 Å². The van der Waals surface area contributed by atoms with E-state index in [1.807, 2.05) is 0 Å². The number of halogens is 1. The summed E-state index contributed by atoms with van der Waals surface area (Å²) in [5, 5.41) is 14.8. The summed E-state index contributed by atoms with van der Waals surface area (Å²) >= 11 is 3.31. The number of rotatable bonds is 7. The van der Waals surface area contributed by atoms with E-state index in [9.17, 15) is 14.7 Å². The van der Waals surface area contributed by atoms with Crippen molar-refractivity contribution in [2.45, 2.75) is 31.4 Å². The molecule has 1 fully saturated rings. The van der Waals surface area contributed by atoms with Crippen LogP contribution >= 0.6 is 15.9 Å². The van der Waals surface area contributed by atoms with Crippen LogP contribution in [-0.2, 0) is 14.3 Å². The average molecular weight is 371 g/mol. The molecule has 0 radical (unpaired) electrons. The molecule has 0 bridgehead atoms. The number of hydrogen-bond donors (Lipinski definition) is 3. The van der Waals surface area contributed by atoms with Crippen molar-refractivity contribution in [2.75, 3.05) is 18.5 Å². The normalized spacial score (nSPS) is 18.9. The SMILES string of the molecule is O=C(C[C@H](NC[C@@H]1CCCO1)C(=O)O)Nc1ccc(Br)cc1. The Hall–Kier alpha value is -1.44. The first-order valence-electron chi connectivity index (χ1n) is 7.18. The number of amides is 1. The van der Waals surface area contributed by atoms with Crippen molar-refractivity contribution in [1.82, 2.24) is 5.32 Å². The van der Waals surface area contributed by atoms with Crippen molar-refractivity contribution in [2.24, 2.45) is 0 Å². The number of nitrogens with one attached hydrogen (secondary N) is 2. The molecular formula is C15H19BrN2O4. The number of ether oxygens (including phenoxy) is 1. The number of benzene rings is 1. The monoisotopic (exact) mass is 370 g/mol. The van der Waals surface area contributed by atoms with Crippen LogP contribution in [0.3, 0.4) is 0 Å². The lowest BCUT2D eigenvalue weighted by molar-refractivity contribution is -0.141. The molecule has 1 aromatic carbocycles. The summed E-state index contributed by atoms with van der Waals surface area (Å²) in [4.78, 5) is 23.2. The Balaban J connectivity index is 1.82. The van der Waals surface area contributed by atoms with Gasteiger partial charge >= 0.3 is 5.97 Å². The zero-order valence-corrected chi connectivity index (χ0v) is 13.6. The number of carboxylic acids is 1. The van der Waals surface area contributed by atoms with E-state index in [-0.39, 0.29) is 18.4 Å². The molecule has 0 spiro atoms. The summed E-state index contributed by atoms with van der Waals surface area (Å²) in [5.74, 6) is -1.38. The number of carboxylic acid groups (broad SMARTS) is 1. The van der Waals surface area contributed by atoms with Gasteiger partial charge in [-0.25, -0.2) is 0 Å². The number of carbonyl (C=O) groups is 2. The zero-order chi connectivity index (χ0) is 15.9. The van der Waals surface area contributed by atoms with Gasteiger partial charge in [-0.05, 0) is 37.1 Å². The van der Waals surface area contributed by atoms with Gasteiger partial charge in [0.1, 0.15) is 6.04 Å². The van der Waals surface area contributed by atoms with Crippen LogP contribution in [0.25, 0.3) is 0 Å². The summed E-state index contributed by atoms with van der Waals surface area (Å²) in [7, 11) is 0. The molecule has 22 heavy (non-hydrogen) atoms. The van der Waals surface area contributed by atoms with Crippen LogP contribution in [0.4, 0.5) is 5.69 Å². The Kier molecular flexibility index (Phi) is 6.35. The lowest BCUT2D eigenvalue weighted by Gasteiger charge is -2.17. The van der Waals surface area contributed by atoms with Crippen molar-refractivity contribution >= 4 is 33.5 Å². The molecule has 3 N–H and O–H groups in total. The molecule has 6 nitrogen and oxygen atoms in total. The molecule has 120 valence electrons. The van der Waals surface area contributed by atoms with Crippen molar-refractivity contribution in [3.63, 3.8) is 0 Å². The molecule has 0 aromatic heterocycles. The Morgan fingerprint density at radius 1 is 1.36 bits per heavy atom. The lowest BCUT2D eigenvalue weighted by Crippen LogP contribution is -2.43. The van der Waals surface area contributed by atoms with Gasteiger partial charge in [0.15, 0.2) is 0 Å². The first-order valence-corrected chi connectivity index (χ1v) is 7.97. The minimum atomic E-state index is -1.04. The third-order valence-electron chi connectivity index (χ3n) is 3.43. The second kappa shape index (κ2) is 8.26. The lowest BCUT2D eigenvalue weighted by atomic mass is 10.1. The summed E-state index contributed by atoms with van der Waals surface area (Å²) in [6.07, 6.45) is 1.83. The molecule has 1 heterocycles. The second-order valence-corrected chi connectivity index (χ2v) is 6.11. The highest BCUT2D eigenvalue weighted by Crippen LogP contribution is 2.15. The molecule has 7 heteroatoms. The number of carbonyl (C=O) groups excluding carboxylic acids is 1. The largest absolute Gasteiger partial charge is 0.480 e. The smallest absolute Gasteiger partial charge is 0.321 e. The van der Waals surface area contributed by atoms with Gasteiger partial charge in [-0.1, -0.05) is 15.9 Å². The summed E-state index contributed by atoms with van der Waals surface area (Å²) in [5.41, 5.74) is 0.636. The Morgan fingerprint density at radius 3 is 2.68 bits per heavy atom. The summed E-state index contributed by atoms with van der Waals surface area (Å²) in [6, 6.07) is 6.19. The number of anilines is 1. The van der Waals surface area contributed by atoms with Gasteiger partial charge in [0.05, 0.1) is 12.5 Å². The van der Waals surface area contributed by atoms with E-state index < -0.39 is 12.0 Å². The van der Waals surface area contributed by atoms with Crippen LogP contribution < -0.4 is 10.6 Å². The second-order valence-electron chi connectivity index (χ2n) is 5.19. The van der Waals surface area contributed by atoms with Crippen LogP contribution in [0.5, 0.6) is 0 Å². The van der Waals surface area contributed by atoms with Gasteiger partial charge in [-0.2, -0.15) is 0 Å². The number of aliphatic carboxylic acids is 1. The first-order chi connectivity index (χ1) is 10.5. The Morgan fingerprint density at radius 2 is 2.09 bits per heavy atom. The molecule has 1 aromatic rings. The highest BCUT2D eigenvalue weighted by atomic mass is 79.9. The van der Waals surface area contributed by atoms with Crippen molar-refractivity contribution in [3.05, 3.63) is 28.7 Å². The fourth-order valence-corrected chi connectivity index (χ4v) is 2.52. The molecule has 1 aliphatic heterocycles. The minimum absolute atomic E-state index is 0.0383. The Bertz CT molecular complexity index is 515. The molecule has 0 saturated carbocycles. The molecule has 1 aliphatic rings. The van der Waals surface area contributed by atoms with Gasteiger partial charge in [0.25, 0.3) is 0 Å². The van der Waals surface area contributed by atoms with E-state index in [0.29, 0.717) is 18.8 Å². The maximum atomic E-state index is 12.0. The predicted molar refractivity (Wildman–Crippen MR) is 85.8 cm³/mol. The van der Waals surface area contributed by atoms with Gasteiger partial charge in [0, 0.05) is 23.3 Å². The molecular weight excluding hydrogens is 352 g/mol. The molecule has 1 amide bonds. The fraction of sp³-hybridized carbons (Fsp3) is 0.467. The van der Waals surface area contributed by atoms with Crippen LogP contribution in [0.15, 0.2) is 28.7 Å². The van der Waals surface area contributed by atoms with Crippen molar-refractivity contribution in [1.29, 1.82) is 0 Å². The van der Waals surface area contributed by atoms with Crippen LogP contribution in [0.2, 0.25) is 0 Å². The van der Waals surface area contributed by atoms with Crippen LogP contribution in [0.1, 0.15) is 19.3 Å². The van der Waals surface area contributed by atoms with Crippen molar-refractivity contribution in [3.8, 4) is 0 Å². The van der Waals surface area contributed by atoms with Crippen LogP contribution in [0, 0.1) is 0 Å². The van der Waals surface area contributed by atoms with E-state index in [0.717, 1.165) is 17.3 Å². The topological polar surface area (TPSA) is 87.7 Å². The molecule has 0 unspecified atom stereocenters. The van der Waals surface area contributed by atoms with Gasteiger partial charge < -0.3 is 20.5 Å². The quantitative estimate of drug-likeness (QED) is 0.683. The third kappa shape index (κ3) is 5.40. The average Bonchev–Trinajstić information content (AvgIpc) is 2.99. The van der Waals surface area contributed by atoms with E-state index in [2.05, 4.69) is 26.6 Å². The molecule has 0 aliphatic carbocycles. The van der Waals surface area contributed by atoms with Gasteiger partial charge in [-0.3, -0.25) is 9.59 Å². The van der Waals surface area contributed by atoms with Crippen molar-refractivity contribution < 1.29 is 19.4 Å². The molecule has 2 atom stereocenters. The fourth-order valence-electron chi connectivity index (χ4n) is 2.26. The Labute approximate surface area is 137 Å². The van der Waals surface area contributed by atoms with Crippen LogP contribution in [-0.4, -0.2) is 42.3 Å². The zero-order valence-electron chi connectivity index (χ0n) is 12.0. The highest BCUT2D eigenvalue weighted by Gasteiger charge is 2.23. The molecule has 2 rings (SSSR count). The summed E-state index contributed by atoms with van der Waals surface area (Å²) < 4.78 is 6.34. The van der Waals surface area contributed by atoms with E-state index >= 15 is 0 Å². The maximum Gasteiger partial charge on any atom is 0.321 e.